The van der Waals surface area contributed by atoms with Crippen molar-refractivity contribution >= 4 is 44.2 Å². The van der Waals surface area contributed by atoms with Gasteiger partial charge in [-0.1, -0.05) is 39.7 Å². The summed E-state index contributed by atoms with van der Waals surface area (Å²) in [4.78, 5) is 12.8. The number of hydrogen-bond donors (Lipinski definition) is 0. The van der Waals surface area contributed by atoms with Gasteiger partial charge in [0, 0.05) is 44.8 Å². The molecule has 1 aromatic heterocycles. The minimum Gasteiger partial charge on any atom is -0.350 e. The number of fused-ring (bicyclic) bond motifs is 1. The normalized spacial score (nSPS) is 11.0. The van der Waals surface area contributed by atoms with Crippen LogP contribution in [0.1, 0.15) is 21.5 Å². The second kappa shape index (κ2) is 5.32. The van der Waals surface area contributed by atoms with E-state index in [1.165, 1.54) is 5.56 Å². The zero-order valence-electron chi connectivity index (χ0n) is 11.7. The topological polar surface area (TPSA) is 22.0 Å². The number of benzene rings is 2. The Morgan fingerprint density at radius 1 is 1.14 bits per heavy atom. The molecule has 3 aromatic rings. The molecule has 0 aliphatic carbocycles. The average molecular weight is 363 g/mol. The molecule has 0 saturated carbocycles. The second-order valence-corrected chi connectivity index (χ2v) is 6.42. The van der Waals surface area contributed by atoms with Crippen LogP contribution in [-0.4, -0.2) is 10.4 Å². The number of aromatic nitrogens is 1. The lowest BCUT2D eigenvalue weighted by Gasteiger charge is -2.04. The van der Waals surface area contributed by atoms with Crippen LogP contribution >= 0.6 is 27.5 Å². The Morgan fingerprint density at radius 2 is 1.90 bits per heavy atom. The third kappa shape index (κ3) is 2.52. The Morgan fingerprint density at radius 3 is 2.67 bits per heavy atom. The summed E-state index contributed by atoms with van der Waals surface area (Å²) in [6.07, 6.45) is 1.87. The average Bonchev–Trinajstić information content (AvgIpc) is 2.78. The van der Waals surface area contributed by atoms with Crippen LogP contribution in [0, 0.1) is 6.92 Å². The number of rotatable bonds is 2. The molecule has 4 heteroatoms. The third-order valence-corrected chi connectivity index (χ3v) is 4.49. The number of ketones is 1. The molecule has 3 rings (SSSR count). The first-order valence-corrected chi connectivity index (χ1v) is 7.70. The van der Waals surface area contributed by atoms with Crippen LogP contribution < -0.4 is 0 Å². The summed E-state index contributed by atoms with van der Waals surface area (Å²) >= 11 is 9.44. The van der Waals surface area contributed by atoms with Gasteiger partial charge in [0.05, 0.1) is 0 Å². The van der Waals surface area contributed by atoms with Crippen molar-refractivity contribution in [1.82, 2.24) is 4.57 Å². The zero-order valence-corrected chi connectivity index (χ0v) is 14.0. The third-order valence-electron chi connectivity index (χ3n) is 3.56. The maximum absolute atomic E-state index is 12.8. The van der Waals surface area contributed by atoms with Crippen molar-refractivity contribution in [3.63, 3.8) is 0 Å². The molecular formula is C17H13BrClNO. The molecule has 0 atom stereocenters. The maximum atomic E-state index is 12.8. The van der Waals surface area contributed by atoms with Gasteiger partial charge >= 0.3 is 0 Å². The summed E-state index contributed by atoms with van der Waals surface area (Å²) < 4.78 is 2.73. The van der Waals surface area contributed by atoms with Crippen molar-refractivity contribution in [2.24, 2.45) is 7.05 Å². The summed E-state index contributed by atoms with van der Waals surface area (Å²) in [5, 5.41) is 1.51. The largest absolute Gasteiger partial charge is 0.350 e. The van der Waals surface area contributed by atoms with Gasteiger partial charge < -0.3 is 4.57 Å². The van der Waals surface area contributed by atoms with Crippen LogP contribution in [0.15, 0.2) is 47.1 Å². The van der Waals surface area contributed by atoms with Crippen LogP contribution in [0.2, 0.25) is 5.02 Å². The van der Waals surface area contributed by atoms with Gasteiger partial charge in [-0.05, 0) is 36.8 Å². The van der Waals surface area contributed by atoms with Crippen LogP contribution in [0.3, 0.4) is 0 Å². The van der Waals surface area contributed by atoms with Gasteiger partial charge in [-0.15, -0.1) is 0 Å². The molecule has 21 heavy (non-hydrogen) atoms. The van der Waals surface area contributed by atoms with Gasteiger partial charge in [-0.25, -0.2) is 0 Å². The Bertz CT molecular complexity index is 867. The first-order valence-electron chi connectivity index (χ1n) is 6.53. The van der Waals surface area contributed by atoms with Gasteiger partial charge in [-0.3, -0.25) is 4.79 Å². The lowest BCUT2D eigenvalue weighted by molar-refractivity contribution is 0.103. The lowest BCUT2D eigenvalue weighted by Crippen LogP contribution is -2.01. The SMILES string of the molecule is Cc1ccc2c(C(=O)c3cc(Cl)ccc3Br)cn(C)c2c1. The number of hydrogen-bond acceptors (Lipinski definition) is 1. The molecular weight excluding hydrogens is 350 g/mol. The molecule has 0 amide bonds. The molecule has 2 nitrogen and oxygen atoms in total. The fourth-order valence-corrected chi connectivity index (χ4v) is 3.09. The molecule has 0 radical (unpaired) electrons. The number of carbonyl (C=O) groups excluding carboxylic acids is 1. The second-order valence-electron chi connectivity index (χ2n) is 5.13. The lowest BCUT2D eigenvalue weighted by atomic mass is 10.0. The first-order chi connectivity index (χ1) is 9.97. The number of halogens is 2. The molecule has 2 aromatic carbocycles. The zero-order chi connectivity index (χ0) is 15.1. The summed E-state index contributed by atoms with van der Waals surface area (Å²) in [7, 11) is 1.95. The summed E-state index contributed by atoms with van der Waals surface area (Å²) in [5.74, 6) is -0.0289. The molecule has 0 spiro atoms. The number of aryl methyl sites for hydroxylation is 2. The van der Waals surface area contributed by atoms with Crippen LogP contribution in [0.25, 0.3) is 10.9 Å². The van der Waals surface area contributed by atoms with Crippen molar-refractivity contribution in [2.75, 3.05) is 0 Å². The highest BCUT2D eigenvalue weighted by molar-refractivity contribution is 9.10. The molecule has 0 N–H and O–H groups in total. The standard InChI is InChI=1S/C17H13BrClNO/c1-10-3-5-12-14(9-20(2)16(12)7-10)17(21)13-8-11(19)4-6-15(13)18/h3-9H,1-2H3. The molecule has 0 fully saturated rings. The fraction of sp³-hybridized carbons (Fsp3) is 0.118. The highest BCUT2D eigenvalue weighted by Crippen LogP contribution is 2.28. The predicted molar refractivity (Wildman–Crippen MR) is 90.2 cm³/mol. The van der Waals surface area contributed by atoms with Crippen molar-refractivity contribution in [3.05, 3.63) is 68.8 Å². The van der Waals surface area contributed by atoms with E-state index < -0.39 is 0 Å². The minimum atomic E-state index is -0.0289. The number of nitrogens with zero attached hydrogens (tertiary/aromatic N) is 1. The molecule has 0 aliphatic rings. The predicted octanol–water partition coefficient (Wildman–Crippen LogP) is 5.13. The summed E-state index contributed by atoms with van der Waals surface area (Å²) in [6, 6.07) is 11.3. The highest BCUT2D eigenvalue weighted by Gasteiger charge is 2.18. The summed E-state index contributed by atoms with van der Waals surface area (Å²) in [6.45, 7) is 2.04. The van der Waals surface area contributed by atoms with E-state index in [-0.39, 0.29) is 5.78 Å². The Hall–Kier alpha value is -1.58. The molecule has 0 unspecified atom stereocenters. The van der Waals surface area contributed by atoms with Gasteiger partial charge in [0.25, 0.3) is 0 Å². The quantitative estimate of drug-likeness (QED) is 0.579. The van der Waals surface area contributed by atoms with Gasteiger partial charge in [-0.2, -0.15) is 0 Å². The Labute approximate surface area is 136 Å². The van der Waals surface area contributed by atoms with Crippen LogP contribution in [0.4, 0.5) is 0 Å². The van der Waals surface area contributed by atoms with Crippen molar-refractivity contribution < 1.29 is 4.79 Å². The van der Waals surface area contributed by atoms with Gasteiger partial charge in [0.2, 0.25) is 0 Å². The van der Waals surface area contributed by atoms with Crippen molar-refractivity contribution in [3.8, 4) is 0 Å². The molecule has 0 bridgehead atoms. The van der Waals surface area contributed by atoms with Gasteiger partial charge in [0.15, 0.2) is 5.78 Å². The summed E-state index contributed by atoms with van der Waals surface area (Å²) in [5.41, 5.74) is 3.49. The molecule has 0 saturated heterocycles. The highest BCUT2D eigenvalue weighted by atomic mass is 79.9. The maximum Gasteiger partial charge on any atom is 0.196 e. The Kier molecular flexibility index (Phi) is 3.64. The van der Waals surface area contributed by atoms with E-state index in [0.29, 0.717) is 16.1 Å². The smallest absolute Gasteiger partial charge is 0.196 e. The molecule has 1 heterocycles. The fourth-order valence-electron chi connectivity index (χ4n) is 2.49. The molecule has 0 aliphatic heterocycles. The molecule has 106 valence electrons. The van der Waals surface area contributed by atoms with E-state index in [1.54, 1.807) is 18.2 Å². The monoisotopic (exact) mass is 361 g/mol. The van der Waals surface area contributed by atoms with Crippen molar-refractivity contribution in [1.29, 1.82) is 0 Å². The van der Waals surface area contributed by atoms with E-state index in [4.69, 9.17) is 11.6 Å². The number of carbonyl (C=O) groups is 1. The van der Waals surface area contributed by atoms with E-state index in [2.05, 4.69) is 22.0 Å². The van der Waals surface area contributed by atoms with Crippen LogP contribution in [-0.2, 0) is 7.05 Å². The van der Waals surface area contributed by atoms with E-state index in [9.17, 15) is 4.79 Å². The minimum absolute atomic E-state index is 0.0289. The van der Waals surface area contributed by atoms with Crippen LogP contribution in [0.5, 0.6) is 0 Å². The van der Waals surface area contributed by atoms with E-state index in [1.807, 2.05) is 36.9 Å². The van der Waals surface area contributed by atoms with Gasteiger partial charge in [0.1, 0.15) is 0 Å². The Balaban J connectivity index is 2.21. The first kappa shape index (κ1) is 14.4. The van der Waals surface area contributed by atoms with E-state index >= 15 is 0 Å². The van der Waals surface area contributed by atoms with Crippen molar-refractivity contribution in [2.45, 2.75) is 6.92 Å². The van der Waals surface area contributed by atoms with E-state index in [0.717, 1.165) is 15.4 Å².